The Morgan fingerprint density at radius 1 is 1.04 bits per heavy atom. The van der Waals surface area contributed by atoms with Crippen LogP contribution in [0.3, 0.4) is 0 Å². The normalized spacial score (nSPS) is 10.7. The summed E-state index contributed by atoms with van der Waals surface area (Å²) >= 11 is 0. The highest BCUT2D eigenvalue weighted by Gasteiger charge is 2.12. The first kappa shape index (κ1) is 15.0. The predicted molar refractivity (Wildman–Crippen MR) is 95.3 cm³/mol. The van der Waals surface area contributed by atoms with E-state index in [1.165, 1.54) is 0 Å². The van der Waals surface area contributed by atoms with Gasteiger partial charge in [-0.25, -0.2) is 4.68 Å². The van der Waals surface area contributed by atoms with Crippen LogP contribution in [0.15, 0.2) is 73.2 Å². The summed E-state index contributed by atoms with van der Waals surface area (Å²) in [6.07, 6.45) is 5.12. The number of rotatable bonds is 4. The first-order valence-electron chi connectivity index (χ1n) is 7.88. The maximum absolute atomic E-state index is 12.5. The van der Waals surface area contributed by atoms with Gasteiger partial charge in [-0.3, -0.25) is 9.78 Å². The standard InChI is InChI=1S/C19H15N5O/c25-19(21-17-8-4-7-15-11-20-10-9-16(15)17)18-13-24(23-22-18)12-14-5-2-1-3-6-14/h1-11,13H,12H2,(H,21,25). The summed E-state index contributed by atoms with van der Waals surface area (Å²) in [7, 11) is 0. The van der Waals surface area contributed by atoms with Crippen molar-refractivity contribution in [3.63, 3.8) is 0 Å². The van der Waals surface area contributed by atoms with Gasteiger partial charge >= 0.3 is 0 Å². The molecule has 0 unspecified atom stereocenters. The van der Waals surface area contributed by atoms with Gasteiger partial charge in [0, 0.05) is 28.9 Å². The van der Waals surface area contributed by atoms with E-state index in [0.29, 0.717) is 6.54 Å². The third-order valence-corrected chi connectivity index (χ3v) is 3.89. The Kier molecular flexibility index (Phi) is 3.92. The van der Waals surface area contributed by atoms with Crippen LogP contribution in [0, 0.1) is 0 Å². The van der Waals surface area contributed by atoms with E-state index in [2.05, 4.69) is 20.6 Å². The Morgan fingerprint density at radius 2 is 1.92 bits per heavy atom. The van der Waals surface area contributed by atoms with Crippen LogP contribution in [-0.2, 0) is 6.54 Å². The van der Waals surface area contributed by atoms with Crippen molar-refractivity contribution in [3.05, 3.63) is 84.4 Å². The van der Waals surface area contributed by atoms with E-state index in [9.17, 15) is 4.79 Å². The van der Waals surface area contributed by atoms with E-state index < -0.39 is 0 Å². The molecule has 1 amide bonds. The number of fused-ring (bicyclic) bond motifs is 1. The molecule has 0 saturated carbocycles. The van der Waals surface area contributed by atoms with E-state index in [1.807, 2.05) is 54.6 Å². The molecule has 25 heavy (non-hydrogen) atoms. The van der Waals surface area contributed by atoms with Crippen LogP contribution in [0.2, 0.25) is 0 Å². The van der Waals surface area contributed by atoms with Gasteiger partial charge in [-0.2, -0.15) is 0 Å². The Morgan fingerprint density at radius 3 is 2.80 bits per heavy atom. The van der Waals surface area contributed by atoms with E-state index in [-0.39, 0.29) is 11.6 Å². The second-order valence-electron chi connectivity index (χ2n) is 5.64. The van der Waals surface area contributed by atoms with Crippen LogP contribution in [0.4, 0.5) is 5.69 Å². The molecule has 122 valence electrons. The molecule has 4 aromatic rings. The Balaban J connectivity index is 1.53. The number of hydrogen-bond donors (Lipinski definition) is 1. The van der Waals surface area contributed by atoms with Crippen molar-refractivity contribution in [1.29, 1.82) is 0 Å². The predicted octanol–water partition coefficient (Wildman–Crippen LogP) is 3.13. The fourth-order valence-corrected chi connectivity index (χ4v) is 2.67. The minimum atomic E-state index is -0.288. The third kappa shape index (κ3) is 3.23. The molecule has 6 heteroatoms. The van der Waals surface area contributed by atoms with E-state index in [4.69, 9.17) is 0 Å². The fraction of sp³-hybridized carbons (Fsp3) is 0.0526. The highest BCUT2D eigenvalue weighted by molar-refractivity contribution is 6.07. The minimum Gasteiger partial charge on any atom is -0.320 e. The summed E-state index contributed by atoms with van der Waals surface area (Å²) in [6, 6.07) is 17.5. The number of nitrogens with zero attached hydrogens (tertiary/aromatic N) is 4. The summed E-state index contributed by atoms with van der Waals surface area (Å²) in [5.41, 5.74) is 2.10. The molecule has 0 aliphatic heterocycles. The fourth-order valence-electron chi connectivity index (χ4n) is 2.67. The molecule has 2 aromatic heterocycles. The molecule has 4 rings (SSSR count). The van der Waals surface area contributed by atoms with Crippen molar-refractivity contribution < 1.29 is 4.79 Å². The molecular formula is C19H15N5O. The first-order chi connectivity index (χ1) is 12.3. The van der Waals surface area contributed by atoms with Gasteiger partial charge in [0.05, 0.1) is 12.7 Å². The molecule has 0 spiro atoms. The van der Waals surface area contributed by atoms with Gasteiger partial charge < -0.3 is 5.32 Å². The highest BCUT2D eigenvalue weighted by atomic mass is 16.2. The lowest BCUT2D eigenvalue weighted by Crippen LogP contribution is -2.12. The number of aromatic nitrogens is 4. The molecule has 0 aliphatic rings. The number of benzene rings is 2. The molecule has 0 aliphatic carbocycles. The van der Waals surface area contributed by atoms with Gasteiger partial charge in [0.15, 0.2) is 5.69 Å². The van der Waals surface area contributed by atoms with Gasteiger partial charge in [0.2, 0.25) is 0 Å². The Hall–Kier alpha value is -3.54. The van der Waals surface area contributed by atoms with Crippen LogP contribution < -0.4 is 5.32 Å². The number of anilines is 1. The van der Waals surface area contributed by atoms with Crippen molar-refractivity contribution in [2.24, 2.45) is 0 Å². The lowest BCUT2D eigenvalue weighted by molar-refractivity contribution is 0.102. The lowest BCUT2D eigenvalue weighted by Gasteiger charge is -2.06. The van der Waals surface area contributed by atoms with Gasteiger partial charge in [-0.1, -0.05) is 47.7 Å². The van der Waals surface area contributed by atoms with Crippen LogP contribution in [0.5, 0.6) is 0 Å². The van der Waals surface area contributed by atoms with E-state index >= 15 is 0 Å². The average molecular weight is 329 g/mol. The number of hydrogen-bond acceptors (Lipinski definition) is 4. The highest BCUT2D eigenvalue weighted by Crippen LogP contribution is 2.22. The maximum Gasteiger partial charge on any atom is 0.277 e. The SMILES string of the molecule is O=C(Nc1cccc2cnccc12)c1cn(Cc2ccccc2)nn1. The molecular weight excluding hydrogens is 314 g/mol. The molecule has 0 bridgehead atoms. The monoisotopic (exact) mass is 329 g/mol. The van der Waals surface area contributed by atoms with Crippen molar-refractivity contribution in [2.45, 2.75) is 6.54 Å². The smallest absolute Gasteiger partial charge is 0.277 e. The second kappa shape index (κ2) is 6.52. The number of pyridine rings is 1. The number of amides is 1. The van der Waals surface area contributed by atoms with Crippen molar-refractivity contribution >= 4 is 22.4 Å². The van der Waals surface area contributed by atoms with Crippen molar-refractivity contribution in [1.82, 2.24) is 20.0 Å². The molecule has 1 N–H and O–H groups in total. The Labute approximate surface area is 144 Å². The average Bonchev–Trinajstić information content (AvgIpc) is 3.11. The largest absolute Gasteiger partial charge is 0.320 e. The molecule has 0 radical (unpaired) electrons. The van der Waals surface area contributed by atoms with Crippen LogP contribution in [-0.4, -0.2) is 25.9 Å². The van der Waals surface area contributed by atoms with Crippen molar-refractivity contribution in [2.75, 3.05) is 5.32 Å². The summed E-state index contributed by atoms with van der Waals surface area (Å²) in [5.74, 6) is -0.288. The van der Waals surface area contributed by atoms with E-state index in [0.717, 1.165) is 22.0 Å². The van der Waals surface area contributed by atoms with Gasteiger partial charge in [0.1, 0.15) is 0 Å². The summed E-state index contributed by atoms with van der Waals surface area (Å²) in [5, 5.41) is 12.8. The maximum atomic E-state index is 12.5. The zero-order chi connectivity index (χ0) is 17.1. The molecule has 0 atom stereocenters. The first-order valence-corrected chi connectivity index (χ1v) is 7.88. The van der Waals surface area contributed by atoms with Crippen LogP contribution >= 0.6 is 0 Å². The quantitative estimate of drug-likeness (QED) is 0.624. The Bertz CT molecular complexity index is 1020. The molecule has 2 aromatic carbocycles. The molecule has 2 heterocycles. The van der Waals surface area contributed by atoms with Gasteiger partial charge in [0.25, 0.3) is 5.91 Å². The van der Waals surface area contributed by atoms with Crippen molar-refractivity contribution in [3.8, 4) is 0 Å². The van der Waals surface area contributed by atoms with Crippen LogP contribution in [0.25, 0.3) is 10.8 Å². The molecule has 6 nitrogen and oxygen atoms in total. The number of nitrogens with one attached hydrogen (secondary N) is 1. The summed E-state index contributed by atoms with van der Waals surface area (Å²) in [4.78, 5) is 16.6. The third-order valence-electron chi connectivity index (χ3n) is 3.89. The summed E-state index contributed by atoms with van der Waals surface area (Å²) in [6.45, 7) is 0.570. The summed E-state index contributed by atoms with van der Waals surface area (Å²) < 4.78 is 1.65. The van der Waals surface area contributed by atoms with Crippen LogP contribution in [0.1, 0.15) is 16.1 Å². The van der Waals surface area contributed by atoms with Gasteiger partial charge in [-0.15, -0.1) is 5.10 Å². The number of carbonyl (C=O) groups excluding carboxylic acids is 1. The zero-order valence-electron chi connectivity index (χ0n) is 13.3. The zero-order valence-corrected chi connectivity index (χ0v) is 13.3. The molecule has 0 fully saturated rings. The number of carbonyl (C=O) groups is 1. The second-order valence-corrected chi connectivity index (χ2v) is 5.64. The van der Waals surface area contributed by atoms with Gasteiger partial charge in [-0.05, 0) is 17.7 Å². The molecule has 0 saturated heterocycles. The topological polar surface area (TPSA) is 72.7 Å². The van der Waals surface area contributed by atoms with E-state index in [1.54, 1.807) is 23.3 Å². The minimum absolute atomic E-state index is 0.280. The lowest BCUT2D eigenvalue weighted by atomic mass is 10.1.